The predicted molar refractivity (Wildman–Crippen MR) is 119 cm³/mol. The van der Waals surface area contributed by atoms with Gasteiger partial charge in [-0.15, -0.1) is 0 Å². The van der Waals surface area contributed by atoms with E-state index in [9.17, 15) is 22.4 Å². The lowest BCUT2D eigenvalue weighted by atomic mass is 10.1. The third-order valence-corrected chi connectivity index (χ3v) is 6.31. The minimum Gasteiger partial charge on any atom is -0.357 e. The Labute approximate surface area is 182 Å². The summed E-state index contributed by atoms with van der Waals surface area (Å²) in [5.74, 6) is -1.58. The van der Waals surface area contributed by atoms with Gasteiger partial charge in [0.2, 0.25) is 21.8 Å². The van der Waals surface area contributed by atoms with Crippen LogP contribution in [-0.2, 0) is 26.2 Å². The van der Waals surface area contributed by atoms with Gasteiger partial charge in [-0.2, -0.15) is 0 Å². The SMILES string of the molecule is CNC(=O)C(C)N(Cc1ccccc1F)C(=O)CN(c1ccc(C)c(C)c1)S(C)(=O)=O. The first-order valence-corrected chi connectivity index (χ1v) is 11.6. The average Bonchev–Trinajstić information content (AvgIpc) is 2.71. The van der Waals surface area contributed by atoms with E-state index in [0.717, 1.165) is 21.7 Å². The lowest BCUT2D eigenvalue weighted by molar-refractivity contribution is -0.139. The number of carbonyl (C=O) groups is 2. The van der Waals surface area contributed by atoms with E-state index in [1.807, 2.05) is 13.8 Å². The fourth-order valence-electron chi connectivity index (χ4n) is 3.10. The van der Waals surface area contributed by atoms with Crippen LogP contribution in [0.1, 0.15) is 23.6 Å². The maximum atomic E-state index is 14.2. The number of aryl methyl sites for hydroxylation is 2. The maximum absolute atomic E-state index is 14.2. The zero-order valence-corrected chi connectivity index (χ0v) is 19.2. The van der Waals surface area contributed by atoms with E-state index in [-0.39, 0.29) is 12.1 Å². The van der Waals surface area contributed by atoms with Crippen LogP contribution < -0.4 is 9.62 Å². The van der Waals surface area contributed by atoms with Crippen molar-refractivity contribution in [3.05, 3.63) is 65.0 Å². The fraction of sp³-hybridized carbons (Fsp3) is 0.364. The average molecular weight is 450 g/mol. The molecule has 1 unspecified atom stereocenters. The molecule has 0 radical (unpaired) electrons. The summed E-state index contributed by atoms with van der Waals surface area (Å²) in [7, 11) is -2.36. The summed E-state index contributed by atoms with van der Waals surface area (Å²) in [6, 6.07) is 10.1. The quantitative estimate of drug-likeness (QED) is 0.670. The summed E-state index contributed by atoms with van der Waals surface area (Å²) in [5, 5.41) is 2.47. The highest BCUT2D eigenvalue weighted by atomic mass is 32.2. The molecule has 0 aliphatic heterocycles. The minimum atomic E-state index is -3.80. The molecule has 9 heteroatoms. The van der Waals surface area contributed by atoms with Crippen LogP contribution in [0.3, 0.4) is 0 Å². The van der Waals surface area contributed by atoms with E-state index >= 15 is 0 Å². The van der Waals surface area contributed by atoms with Crippen molar-refractivity contribution < 1.29 is 22.4 Å². The molecule has 2 aromatic rings. The Morgan fingerprint density at radius 3 is 2.29 bits per heavy atom. The van der Waals surface area contributed by atoms with Gasteiger partial charge in [-0.3, -0.25) is 13.9 Å². The Morgan fingerprint density at radius 2 is 1.74 bits per heavy atom. The minimum absolute atomic E-state index is 0.176. The summed E-state index contributed by atoms with van der Waals surface area (Å²) in [6.07, 6.45) is 1.01. The van der Waals surface area contributed by atoms with Crippen LogP contribution in [0, 0.1) is 19.7 Å². The van der Waals surface area contributed by atoms with Gasteiger partial charge in [0.15, 0.2) is 0 Å². The number of rotatable bonds is 8. The molecule has 2 rings (SSSR count). The number of anilines is 1. The van der Waals surface area contributed by atoms with E-state index in [1.54, 1.807) is 24.3 Å². The number of amides is 2. The van der Waals surface area contributed by atoms with Crippen LogP contribution in [0.2, 0.25) is 0 Å². The molecule has 0 bridgehead atoms. The Balaban J connectivity index is 2.42. The third-order valence-electron chi connectivity index (χ3n) is 5.17. The molecule has 0 saturated heterocycles. The van der Waals surface area contributed by atoms with Crippen LogP contribution in [0.15, 0.2) is 42.5 Å². The van der Waals surface area contributed by atoms with Crippen molar-refractivity contribution in [1.29, 1.82) is 0 Å². The molecule has 0 aliphatic rings. The molecule has 0 fully saturated rings. The Morgan fingerprint density at radius 1 is 1.10 bits per heavy atom. The van der Waals surface area contributed by atoms with Gasteiger partial charge in [-0.05, 0) is 50.1 Å². The van der Waals surface area contributed by atoms with E-state index in [1.165, 1.54) is 37.1 Å². The molecular weight excluding hydrogens is 421 g/mol. The number of carbonyl (C=O) groups excluding carboxylic acids is 2. The molecule has 168 valence electrons. The maximum Gasteiger partial charge on any atom is 0.244 e. The van der Waals surface area contributed by atoms with Crippen molar-refractivity contribution in [3.63, 3.8) is 0 Å². The Kier molecular flexibility index (Phi) is 7.78. The lowest BCUT2D eigenvalue weighted by Gasteiger charge is -2.31. The normalized spacial score (nSPS) is 12.2. The summed E-state index contributed by atoms with van der Waals surface area (Å²) in [5.41, 5.74) is 2.43. The summed E-state index contributed by atoms with van der Waals surface area (Å²) >= 11 is 0. The van der Waals surface area contributed by atoms with Crippen molar-refractivity contribution in [2.24, 2.45) is 0 Å². The van der Waals surface area contributed by atoms with E-state index in [0.29, 0.717) is 5.69 Å². The molecule has 0 spiro atoms. The first-order valence-electron chi connectivity index (χ1n) is 9.75. The molecule has 2 aromatic carbocycles. The number of hydrogen-bond acceptors (Lipinski definition) is 4. The number of benzene rings is 2. The number of nitrogens with one attached hydrogen (secondary N) is 1. The van der Waals surface area contributed by atoms with Crippen molar-refractivity contribution in [2.75, 3.05) is 24.2 Å². The molecule has 0 saturated carbocycles. The molecule has 0 heterocycles. The summed E-state index contributed by atoms with van der Waals surface area (Å²) in [6.45, 7) is 4.57. The van der Waals surface area contributed by atoms with Crippen molar-refractivity contribution in [2.45, 2.75) is 33.4 Å². The first-order chi connectivity index (χ1) is 14.5. The van der Waals surface area contributed by atoms with Gasteiger partial charge >= 0.3 is 0 Å². The highest BCUT2D eigenvalue weighted by molar-refractivity contribution is 7.92. The topological polar surface area (TPSA) is 86.8 Å². The van der Waals surface area contributed by atoms with Crippen molar-refractivity contribution in [3.8, 4) is 0 Å². The van der Waals surface area contributed by atoms with Crippen molar-refractivity contribution >= 4 is 27.5 Å². The van der Waals surface area contributed by atoms with Gasteiger partial charge in [-0.1, -0.05) is 24.3 Å². The van der Waals surface area contributed by atoms with Gasteiger partial charge in [0.1, 0.15) is 18.4 Å². The largest absolute Gasteiger partial charge is 0.357 e. The second-order valence-corrected chi connectivity index (χ2v) is 9.35. The highest BCUT2D eigenvalue weighted by Gasteiger charge is 2.30. The zero-order valence-electron chi connectivity index (χ0n) is 18.3. The van der Waals surface area contributed by atoms with Crippen molar-refractivity contribution in [1.82, 2.24) is 10.2 Å². The summed E-state index contributed by atoms with van der Waals surface area (Å²) < 4.78 is 40.2. The summed E-state index contributed by atoms with van der Waals surface area (Å²) in [4.78, 5) is 26.6. The van der Waals surface area contributed by atoms with Crippen LogP contribution in [-0.4, -0.2) is 51.0 Å². The molecule has 7 nitrogen and oxygen atoms in total. The van der Waals surface area contributed by atoms with E-state index < -0.39 is 40.2 Å². The molecular formula is C22H28FN3O4S. The van der Waals surface area contributed by atoms with Gasteiger partial charge in [0, 0.05) is 19.2 Å². The molecule has 2 amide bonds. The predicted octanol–water partition coefficient (Wildman–Crippen LogP) is 2.37. The number of halogens is 1. The third kappa shape index (κ3) is 6.04. The van der Waals surface area contributed by atoms with Gasteiger partial charge in [0.05, 0.1) is 11.9 Å². The monoisotopic (exact) mass is 449 g/mol. The van der Waals surface area contributed by atoms with Gasteiger partial charge < -0.3 is 10.2 Å². The first kappa shape index (κ1) is 24.3. The van der Waals surface area contributed by atoms with Gasteiger partial charge in [-0.25, -0.2) is 12.8 Å². The lowest BCUT2D eigenvalue weighted by Crippen LogP contribution is -2.50. The standard InChI is InChI=1S/C22H28FN3O4S/c1-15-10-11-19(12-16(15)2)26(31(5,29)30)14-21(27)25(17(3)22(28)24-4)13-18-8-6-7-9-20(18)23/h6-12,17H,13-14H2,1-5H3,(H,24,28). The highest BCUT2D eigenvalue weighted by Crippen LogP contribution is 2.22. The molecule has 31 heavy (non-hydrogen) atoms. The second-order valence-electron chi connectivity index (χ2n) is 7.44. The number of sulfonamides is 1. The number of likely N-dealkylation sites (N-methyl/N-ethyl adjacent to an activating group) is 1. The smallest absolute Gasteiger partial charge is 0.244 e. The van der Waals surface area contributed by atoms with Crippen LogP contribution in [0.4, 0.5) is 10.1 Å². The number of nitrogens with zero attached hydrogens (tertiary/aromatic N) is 2. The molecule has 1 atom stereocenters. The zero-order chi connectivity index (χ0) is 23.3. The molecule has 1 N–H and O–H groups in total. The van der Waals surface area contributed by atoms with Crippen LogP contribution in [0.5, 0.6) is 0 Å². The van der Waals surface area contributed by atoms with Crippen LogP contribution in [0.25, 0.3) is 0 Å². The Bertz CT molecular complexity index is 1070. The fourth-order valence-corrected chi connectivity index (χ4v) is 3.94. The van der Waals surface area contributed by atoms with E-state index in [4.69, 9.17) is 0 Å². The number of hydrogen-bond donors (Lipinski definition) is 1. The van der Waals surface area contributed by atoms with E-state index in [2.05, 4.69) is 5.32 Å². The Hall–Kier alpha value is -2.94. The second kappa shape index (κ2) is 9.91. The van der Waals surface area contributed by atoms with Gasteiger partial charge in [0.25, 0.3) is 0 Å². The van der Waals surface area contributed by atoms with Crippen LogP contribution >= 0.6 is 0 Å². The molecule has 0 aromatic heterocycles. The molecule has 0 aliphatic carbocycles.